The standard InChI is InChI=1S/C7H9F3N4S/c1-4(2)3-15-6-13-12-5(14(6)11)7(8,9)10/h1,3,11H2,2H3. The van der Waals surface area contributed by atoms with Gasteiger partial charge >= 0.3 is 6.18 Å². The fourth-order valence-corrected chi connectivity index (χ4v) is 1.46. The topological polar surface area (TPSA) is 56.7 Å². The van der Waals surface area contributed by atoms with E-state index in [9.17, 15) is 13.2 Å². The van der Waals surface area contributed by atoms with Crippen molar-refractivity contribution in [3.63, 3.8) is 0 Å². The van der Waals surface area contributed by atoms with Crippen LogP contribution in [0.5, 0.6) is 0 Å². The number of hydrogen-bond donors (Lipinski definition) is 1. The molecular formula is C7H9F3N4S. The fraction of sp³-hybridized carbons (Fsp3) is 0.429. The largest absolute Gasteiger partial charge is 0.453 e. The first-order valence-corrected chi connectivity index (χ1v) is 4.86. The first-order chi connectivity index (χ1) is 6.82. The van der Waals surface area contributed by atoms with Crippen molar-refractivity contribution in [1.82, 2.24) is 14.9 Å². The maximum atomic E-state index is 12.2. The van der Waals surface area contributed by atoms with Crippen LogP contribution >= 0.6 is 11.8 Å². The Morgan fingerprint density at radius 1 is 1.53 bits per heavy atom. The van der Waals surface area contributed by atoms with Crippen molar-refractivity contribution in [2.75, 3.05) is 11.6 Å². The molecule has 0 spiro atoms. The molecule has 0 unspecified atom stereocenters. The van der Waals surface area contributed by atoms with E-state index in [0.29, 0.717) is 10.4 Å². The highest BCUT2D eigenvalue weighted by atomic mass is 32.2. The minimum atomic E-state index is -4.58. The number of rotatable bonds is 3. The van der Waals surface area contributed by atoms with Gasteiger partial charge in [0, 0.05) is 5.75 Å². The summed E-state index contributed by atoms with van der Waals surface area (Å²) in [4.78, 5) is 0. The van der Waals surface area contributed by atoms with Crippen molar-refractivity contribution < 1.29 is 13.2 Å². The van der Waals surface area contributed by atoms with Gasteiger partial charge in [-0.2, -0.15) is 13.2 Å². The van der Waals surface area contributed by atoms with Crippen LogP contribution in [0.1, 0.15) is 12.7 Å². The molecule has 15 heavy (non-hydrogen) atoms. The second-order valence-corrected chi connectivity index (χ2v) is 3.86. The van der Waals surface area contributed by atoms with Gasteiger partial charge in [0.15, 0.2) is 0 Å². The maximum Gasteiger partial charge on any atom is 0.453 e. The van der Waals surface area contributed by atoms with E-state index in [1.807, 2.05) is 0 Å². The van der Waals surface area contributed by atoms with Gasteiger partial charge in [0.1, 0.15) is 0 Å². The number of nitrogens with two attached hydrogens (primary N) is 1. The van der Waals surface area contributed by atoms with E-state index in [4.69, 9.17) is 5.84 Å². The average Bonchev–Trinajstić information content (AvgIpc) is 2.42. The summed E-state index contributed by atoms with van der Waals surface area (Å²) < 4.78 is 37.1. The Balaban J connectivity index is 2.85. The van der Waals surface area contributed by atoms with Gasteiger partial charge in [0.05, 0.1) is 0 Å². The highest BCUT2D eigenvalue weighted by Crippen LogP contribution is 2.29. The van der Waals surface area contributed by atoms with Crippen molar-refractivity contribution in [3.8, 4) is 0 Å². The fourth-order valence-electron chi connectivity index (χ4n) is 0.757. The average molecular weight is 238 g/mol. The molecule has 0 fully saturated rings. The van der Waals surface area contributed by atoms with E-state index >= 15 is 0 Å². The molecule has 0 atom stereocenters. The third-order valence-corrected chi connectivity index (χ3v) is 2.54. The summed E-state index contributed by atoms with van der Waals surface area (Å²) in [6.45, 7) is 5.37. The van der Waals surface area contributed by atoms with Crippen LogP contribution in [0.15, 0.2) is 17.3 Å². The number of alkyl halides is 3. The number of nitrogen functional groups attached to an aromatic ring is 1. The van der Waals surface area contributed by atoms with Crippen LogP contribution in [0, 0.1) is 0 Å². The molecule has 84 valence electrons. The van der Waals surface area contributed by atoms with Gasteiger partial charge in [-0.05, 0) is 6.92 Å². The van der Waals surface area contributed by atoms with Crippen molar-refractivity contribution >= 4 is 11.8 Å². The molecular weight excluding hydrogens is 229 g/mol. The number of halogens is 3. The van der Waals surface area contributed by atoms with Gasteiger partial charge in [-0.25, -0.2) is 4.68 Å². The summed E-state index contributed by atoms with van der Waals surface area (Å²) in [7, 11) is 0. The van der Waals surface area contributed by atoms with Gasteiger partial charge in [-0.1, -0.05) is 23.9 Å². The summed E-state index contributed by atoms with van der Waals surface area (Å²) in [5, 5.41) is 6.34. The highest BCUT2D eigenvalue weighted by Gasteiger charge is 2.38. The molecule has 0 saturated carbocycles. The molecule has 0 aromatic carbocycles. The van der Waals surface area contributed by atoms with E-state index in [1.165, 1.54) is 0 Å². The quantitative estimate of drug-likeness (QED) is 0.494. The first-order valence-electron chi connectivity index (χ1n) is 3.87. The molecule has 0 aliphatic heterocycles. The summed E-state index contributed by atoms with van der Waals surface area (Å²) in [6.07, 6.45) is -4.58. The lowest BCUT2D eigenvalue weighted by molar-refractivity contribution is -0.146. The molecule has 0 radical (unpaired) electrons. The Kier molecular flexibility index (Phi) is 3.28. The van der Waals surface area contributed by atoms with E-state index in [1.54, 1.807) is 6.92 Å². The lowest BCUT2D eigenvalue weighted by atomic mass is 10.4. The third kappa shape index (κ3) is 2.88. The first kappa shape index (κ1) is 11.9. The van der Waals surface area contributed by atoms with Crippen molar-refractivity contribution in [1.29, 1.82) is 0 Å². The van der Waals surface area contributed by atoms with Crippen LogP contribution in [-0.2, 0) is 6.18 Å². The van der Waals surface area contributed by atoms with Gasteiger partial charge in [-0.15, -0.1) is 10.2 Å². The zero-order chi connectivity index (χ0) is 11.6. The molecule has 0 bridgehead atoms. The number of nitrogens with zero attached hydrogens (tertiary/aromatic N) is 3. The van der Waals surface area contributed by atoms with Gasteiger partial charge in [0.25, 0.3) is 5.82 Å². The summed E-state index contributed by atoms with van der Waals surface area (Å²) >= 11 is 1.06. The summed E-state index contributed by atoms with van der Waals surface area (Å²) in [5.74, 6) is 4.45. The Morgan fingerprint density at radius 2 is 2.13 bits per heavy atom. The lowest BCUT2D eigenvalue weighted by Gasteiger charge is -2.05. The Hall–Kier alpha value is -1.18. The second kappa shape index (κ2) is 4.13. The van der Waals surface area contributed by atoms with Crippen LogP contribution in [0.25, 0.3) is 0 Å². The Labute approximate surface area is 88.3 Å². The van der Waals surface area contributed by atoms with Crippen LogP contribution in [0.3, 0.4) is 0 Å². The predicted molar refractivity (Wildman–Crippen MR) is 50.7 cm³/mol. The lowest BCUT2D eigenvalue weighted by Crippen LogP contribution is -2.21. The maximum absolute atomic E-state index is 12.2. The Bertz CT molecular complexity index is 371. The van der Waals surface area contributed by atoms with Gasteiger partial charge in [-0.3, -0.25) is 0 Å². The monoisotopic (exact) mass is 238 g/mol. The number of thioether (sulfide) groups is 1. The molecule has 1 aromatic rings. The van der Waals surface area contributed by atoms with Crippen LogP contribution in [-0.4, -0.2) is 20.6 Å². The molecule has 8 heteroatoms. The van der Waals surface area contributed by atoms with E-state index in [0.717, 1.165) is 17.3 Å². The minimum Gasteiger partial charge on any atom is -0.335 e. The highest BCUT2D eigenvalue weighted by molar-refractivity contribution is 7.99. The molecule has 1 rings (SSSR count). The molecule has 0 amide bonds. The molecule has 0 aliphatic rings. The molecule has 4 nitrogen and oxygen atoms in total. The van der Waals surface area contributed by atoms with Crippen molar-refractivity contribution in [3.05, 3.63) is 18.0 Å². The minimum absolute atomic E-state index is 0.0188. The third-order valence-electron chi connectivity index (χ3n) is 1.37. The second-order valence-electron chi connectivity index (χ2n) is 2.92. The number of hydrogen-bond acceptors (Lipinski definition) is 4. The van der Waals surface area contributed by atoms with Gasteiger partial charge in [0.2, 0.25) is 5.16 Å². The molecule has 0 saturated heterocycles. The smallest absolute Gasteiger partial charge is 0.335 e. The van der Waals surface area contributed by atoms with E-state index < -0.39 is 12.0 Å². The molecule has 1 heterocycles. The van der Waals surface area contributed by atoms with E-state index in [-0.39, 0.29) is 5.16 Å². The summed E-state index contributed by atoms with van der Waals surface area (Å²) in [6, 6.07) is 0. The SMILES string of the molecule is C=C(C)CSc1nnc(C(F)(F)F)n1N. The molecule has 0 aliphatic carbocycles. The zero-order valence-electron chi connectivity index (χ0n) is 7.88. The zero-order valence-corrected chi connectivity index (χ0v) is 8.69. The van der Waals surface area contributed by atoms with Crippen LogP contribution in [0.2, 0.25) is 0 Å². The predicted octanol–water partition coefficient (Wildman–Crippen LogP) is 1.68. The van der Waals surface area contributed by atoms with Crippen molar-refractivity contribution in [2.24, 2.45) is 0 Å². The Morgan fingerprint density at radius 3 is 2.53 bits per heavy atom. The normalized spacial score (nSPS) is 11.7. The van der Waals surface area contributed by atoms with Crippen molar-refractivity contribution in [2.45, 2.75) is 18.3 Å². The van der Waals surface area contributed by atoms with E-state index in [2.05, 4.69) is 16.8 Å². The van der Waals surface area contributed by atoms with Crippen LogP contribution < -0.4 is 5.84 Å². The molecule has 1 aromatic heterocycles. The van der Waals surface area contributed by atoms with Crippen LogP contribution in [0.4, 0.5) is 13.2 Å². The molecule has 2 N–H and O–H groups in total. The number of aromatic nitrogens is 3. The summed E-state index contributed by atoms with van der Waals surface area (Å²) in [5.41, 5.74) is 0.816. The van der Waals surface area contributed by atoms with Gasteiger partial charge < -0.3 is 5.84 Å².